The van der Waals surface area contributed by atoms with E-state index in [0.29, 0.717) is 29.1 Å². The van der Waals surface area contributed by atoms with Gasteiger partial charge in [0, 0.05) is 17.7 Å². The van der Waals surface area contributed by atoms with E-state index < -0.39 is 0 Å². The maximum absolute atomic E-state index is 13.1. The maximum Gasteiger partial charge on any atom is 0.258 e. The maximum atomic E-state index is 13.1. The summed E-state index contributed by atoms with van der Waals surface area (Å²) in [5.74, 6) is 1.61. The molecular formula is C14H10FN3O. The molecule has 2 atom stereocenters. The predicted molar refractivity (Wildman–Crippen MR) is 67.8 cm³/mol. The summed E-state index contributed by atoms with van der Waals surface area (Å²) in [5, 5.41) is 3.91. The fourth-order valence-electron chi connectivity index (χ4n) is 2.22. The van der Waals surface area contributed by atoms with Crippen LogP contribution in [0.15, 0.2) is 39.9 Å². The molecule has 0 bridgehead atoms. The summed E-state index contributed by atoms with van der Waals surface area (Å²) in [4.78, 5) is 8.60. The summed E-state index contributed by atoms with van der Waals surface area (Å²) in [5.41, 5.74) is 1.31. The third-order valence-electron chi connectivity index (χ3n) is 3.39. The molecule has 0 saturated heterocycles. The number of fused-ring (bicyclic) bond motifs is 1. The highest BCUT2D eigenvalue weighted by Crippen LogP contribution is 2.43. The topological polar surface area (TPSA) is 51.3 Å². The highest BCUT2D eigenvalue weighted by atomic mass is 19.1. The number of allylic oxidation sites excluding steroid dienone is 1. The van der Waals surface area contributed by atoms with E-state index in [1.807, 2.05) is 6.21 Å². The first kappa shape index (κ1) is 10.6. The molecule has 4 nitrogen and oxygen atoms in total. The zero-order valence-corrected chi connectivity index (χ0v) is 9.95. The molecule has 2 heterocycles. The predicted octanol–water partition coefficient (Wildman–Crippen LogP) is 2.94. The smallest absolute Gasteiger partial charge is 0.258 e. The van der Waals surface area contributed by atoms with E-state index in [4.69, 9.17) is 4.52 Å². The van der Waals surface area contributed by atoms with E-state index in [2.05, 4.69) is 21.2 Å². The Morgan fingerprint density at radius 3 is 3.05 bits per heavy atom. The minimum atomic E-state index is -0.326. The van der Waals surface area contributed by atoms with Crippen molar-refractivity contribution in [2.75, 3.05) is 0 Å². The van der Waals surface area contributed by atoms with Gasteiger partial charge in [0.05, 0.1) is 0 Å². The molecule has 1 aromatic heterocycles. The van der Waals surface area contributed by atoms with Crippen LogP contribution >= 0.6 is 0 Å². The number of nitrogens with zero attached hydrogens (tertiary/aromatic N) is 3. The fraction of sp³-hybridized carbons (Fsp3) is 0.214. The molecule has 0 spiro atoms. The van der Waals surface area contributed by atoms with E-state index >= 15 is 0 Å². The van der Waals surface area contributed by atoms with E-state index in [-0.39, 0.29) is 5.82 Å². The molecule has 4 rings (SSSR count). The van der Waals surface area contributed by atoms with E-state index in [1.165, 1.54) is 12.1 Å². The lowest BCUT2D eigenvalue weighted by atomic mass is 10.2. The molecule has 1 saturated carbocycles. The van der Waals surface area contributed by atoms with Crippen LogP contribution in [0.1, 0.15) is 12.2 Å². The van der Waals surface area contributed by atoms with E-state index in [1.54, 1.807) is 12.1 Å². The highest BCUT2D eigenvalue weighted by Gasteiger charge is 2.37. The standard InChI is InChI=1S/C14H10FN3O/c15-11-3-1-2-8(5-11)14-17-13(18-19-14)12-6-9-4-10(9)7-16-12/h1-3,5-7,9-10H,4H2. The van der Waals surface area contributed by atoms with Gasteiger partial charge in [0.2, 0.25) is 5.82 Å². The molecule has 0 amide bonds. The fourth-order valence-corrected chi connectivity index (χ4v) is 2.22. The first-order valence-corrected chi connectivity index (χ1v) is 6.15. The molecule has 5 heteroatoms. The monoisotopic (exact) mass is 255 g/mol. The SMILES string of the molecule is Fc1cccc(-c2nc(C3=CC4CC4C=N3)no2)c1. The summed E-state index contributed by atoms with van der Waals surface area (Å²) in [6.45, 7) is 0. The molecular weight excluding hydrogens is 245 g/mol. The molecule has 2 aliphatic rings. The highest BCUT2D eigenvalue weighted by molar-refractivity contribution is 5.79. The average molecular weight is 255 g/mol. The summed E-state index contributed by atoms with van der Waals surface area (Å²) in [6, 6.07) is 6.09. The summed E-state index contributed by atoms with van der Waals surface area (Å²) >= 11 is 0. The van der Waals surface area contributed by atoms with Gasteiger partial charge in [-0.2, -0.15) is 4.98 Å². The van der Waals surface area contributed by atoms with Crippen LogP contribution in [0.2, 0.25) is 0 Å². The molecule has 1 aromatic carbocycles. The number of aromatic nitrogens is 2. The van der Waals surface area contributed by atoms with Crippen molar-refractivity contribution in [1.29, 1.82) is 0 Å². The quantitative estimate of drug-likeness (QED) is 0.829. The van der Waals surface area contributed by atoms with Crippen LogP contribution in [-0.2, 0) is 0 Å². The summed E-state index contributed by atoms with van der Waals surface area (Å²) in [7, 11) is 0. The Labute approximate surface area is 108 Å². The Balaban J connectivity index is 1.68. The first-order valence-electron chi connectivity index (χ1n) is 6.15. The van der Waals surface area contributed by atoms with Gasteiger partial charge in [-0.25, -0.2) is 4.39 Å². The van der Waals surface area contributed by atoms with Crippen molar-refractivity contribution in [1.82, 2.24) is 10.1 Å². The second-order valence-electron chi connectivity index (χ2n) is 4.83. The van der Waals surface area contributed by atoms with E-state index in [0.717, 1.165) is 12.1 Å². The first-order chi connectivity index (χ1) is 9.29. The lowest BCUT2D eigenvalue weighted by molar-refractivity contribution is 0.428. The zero-order valence-electron chi connectivity index (χ0n) is 9.95. The van der Waals surface area contributed by atoms with Crippen LogP contribution in [0, 0.1) is 17.7 Å². The number of hydrogen-bond acceptors (Lipinski definition) is 4. The number of aliphatic imine (C=N–C) groups is 1. The molecule has 2 aromatic rings. The van der Waals surface area contributed by atoms with Crippen molar-refractivity contribution in [3.05, 3.63) is 42.0 Å². The van der Waals surface area contributed by atoms with Crippen LogP contribution in [0.4, 0.5) is 4.39 Å². The molecule has 94 valence electrons. The Bertz CT molecular complexity index is 704. The van der Waals surface area contributed by atoms with Gasteiger partial charge in [0.25, 0.3) is 5.89 Å². The Morgan fingerprint density at radius 1 is 1.26 bits per heavy atom. The normalized spacial score (nSPS) is 23.9. The number of halogens is 1. The lowest BCUT2D eigenvalue weighted by Crippen LogP contribution is -1.93. The van der Waals surface area contributed by atoms with Gasteiger partial charge in [-0.3, -0.25) is 4.99 Å². The average Bonchev–Trinajstić information content (AvgIpc) is 3.03. The Morgan fingerprint density at radius 2 is 2.21 bits per heavy atom. The Kier molecular flexibility index (Phi) is 2.15. The molecule has 1 aliphatic carbocycles. The van der Waals surface area contributed by atoms with Crippen LogP contribution in [0.3, 0.4) is 0 Å². The van der Waals surface area contributed by atoms with Gasteiger partial charge < -0.3 is 4.52 Å². The largest absolute Gasteiger partial charge is 0.334 e. The Hall–Kier alpha value is -2.30. The number of rotatable bonds is 2. The summed E-state index contributed by atoms with van der Waals surface area (Å²) < 4.78 is 18.3. The zero-order chi connectivity index (χ0) is 12.8. The lowest BCUT2D eigenvalue weighted by Gasteiger charge is -1.99. The molecule has 1 fully saturated rings. The summed E-state index contributed by atoms with van der Waals surface area (Å²) in [6.07, 6.45) is 5.17. The van der Waals surface area contributed by atoms with Gasteiger partial charge in [0.15, 0.2) is 0 Å². The van der Waals surface area contributed by atoms with E-state index in [9.17, 15) is 4.39 Å². The van der Waals surface area contributed by atoms with Crippen molar-refractivity contribution in [2.24, 2.45) is 16.8 Å². The third-order valence-corrected chi connectivity index (χ3v) is 3.39. The van der Waals surface area contributed by atoms with Gasteiger partial charge in [0.1, 0.15) is 11.5 Å². The van der Waals surface area contributed by atoms with Gasteiger partial charge >= 0.3 is 0 Å². The van der Waals surface area contributed by atoms with Crippen molar-refractivity contribution >= 4 is 11.9 Å². The third kappa shape index (κ3) is 1.87. The van der Waals surface area contributed by atoms with Gasteiger partial charge in [-0.1, -0.05) is 17.3 Å². The van der Waals surface area contributed by atoms with Crippen molar-refractivity contribution in [3.8, 4) is 11.5 Å². The minimum absolute atomic E-state index is 0.309. The van der Waals surface area contributed by atoms with Crippen molar-refractivity contribution in [2.45, 2.75) is 6.42 Å². The second-order valence-corrected chi connectivity index (χ2v) is 4.83. The molecule has 0 radical (unpaired) electrons. The molecule has 2 unspecified atom stereocenters. The van der Waals surface area contributed by atoms with Gasteiger partial charge in [-0.15, -0.1) is 0 Å². The molecule has 0 N–H and O–H groups in total. The molecule has 19 heavy (non-hydrogen) atoms. The van der Waals surface area contributed by atoms with Crippen molar-refractivity contribution < 1.29 is 8.91 Å². The second kappa shape index (κ2) is 3.85. The molecule has 1 aliphatic heterocycles. The number of hydrogen-bond donors (Lipinski definition) is 0. The van der Waals surface area contributed by atoms with Crippen LogP contribution < -0.4 is 0 Å². The minimum Gasteiger partial charge on any atom is -0.334 e. The van der Waals surface area contributed by atoms with Crippen LogP contribution in [-0.4, -0.2) is 16.4 Å². The number of benzene rings is 1. The van der Waals surface area contributed by atoms with Gasteiger partial charge in [-0.05, 0) is 30.5 Å². The van der Waals surface area contributed by atoms with Crippen LogP contribution in [0.5, 0.6) is 0 Å². The van der Waals surface area contributed by atoms with Crippen LogP contribution in [0.25, 0.3) is 17.2 Å². The van der Waals surface area contributed by atoms with Crippen molar-refractivity contribution in [3.63, 3.8) is 0 Å².